The van der Waals surface area contributed by atoms with Crippen LogP contribution >= 0.6 is 0 Å². The van der Waals surface area contributed by atoms with Crippen molar-refractivity contribution in [2.45, 2.75) is 59.4 Å². The summed E-state index contributed by atoms with van der Waals surface area (Å²) in [5.74, 6) is 3.46. The zero-order chi connectivity index (χ0) is 23.6. The van der Waals surface area contributed by atoms with Gasteiger partial charge in [-0.3, -0.25) is 19.8 Å². The molecule has 31 heavy (non-hydrogen) atoms. The van der Waals surface area contributed by atoms with E-state index in [1.807, 2.05) is 12.3 Å². The van der Waals surface area contributed by atoms with Gasteiger partial charge in [0.2, 0.25) is 11.8 Å². The van der Waals surface area contributed by atoms with Gasteiger partial charge in [-0.25, -0.2) is 10.6 Å². The molecule has 0 bridgehead atoms. The number of carbonyl (C=O) groups excluding carboxylic acids is 4. The molecule has 0 heterocycles. The van der Waals surface area contributed by atoms with Crippen molar-refractivity contribution in [3.05, 3.63) is 29.8 Å². The standard InChI is InChI=1S/C20H32N6O5/c1-5-10-20(3,4)18(29)23-12(2)16(27)25-15(21)17(28)24-14-8-6-13(7-9-14)11-31-19(30)26-22/h6-9,12,15H,5,10-11,21-22H2,1-4H3,(H,23,29)(H,24,28)(H,25,27)(H,26,30). The lowest BCUT2D eigenvalue weighted by atomic mass is 9.87. The van der Waals surface area contributed by atoms with Gasteiger partial charge in [-0.2, -0.15) is 0 Å². The first-order valence-electron chi connectivity index (χ1n) is 9.90. The summed E-state index contributed by atoms with van der Waals surface area (Å²) < 4.78 is 4.80. The Morgan fingerprint density at radius 2 is 1.68 bits per heavy atom. The minimum Gasteiger partial charge on any atom is -0.444 e. The first-order valence-corrected chi connectivity index (χ1v) is 9.90. The number of ether oxygens (including phenoxy) is 1. The number of hydrogen-bond acceptors (Lipinski definition) is 7. The van der Waals surface area contributed by atoms with Crippen LogP contribution in [0.2, 0.25) is 0 Å². The van der Waals surface area contributed by atoms with Crippen molar-refractivity contribution in [1.82, 2.24) is 16.1 Å². The minimum absolute atomic E-state index is 0.00546. The third kappa shape index (κ3) is 8.60. The Morgan fingerprint density at radius 3 is 2.23 bits per heavy atom. The Bertz CT molecular complexity index is 781. The maximum absolute atomic E-state index is 12.3. The van der Waals surface area contributed by atoms with Gasteiger partial charge in [0.1, 0.15) is 12.6 Å². The molecule has 11 nitrogen and oxygen atoms in total. The predicted molar refractivity (Wildman–Crippen MR) is 115 cm³/mol. The van der Waals surface area contributed by atoms with E-state index in [4.69, 9.17) is 16.3 Å². The molecule has 0 aromatic heterocycles. The fraction of sp³-hybridized carbons (Fsp3) is 0.500. The summed E-state index contributed by atoms with van der Waals surface area (Å²) in [6.07, 6.45) is -0.561. The molecule has 0 aliphatic carbocycles. The van der Waals surface area contributed by atoms with Gasteiger partial charge in [-0.1, -0.05) is 39.3 Å². The van der Waals surface area contributed by atoms with E-state index in [1.54, 1.807) is 38.1 Å². The Kier molecular flexibility index (Phi) is 9.90. The Labute approximate surface area is 181 Å². The summed E-state index contributed by atoms with van der Waals surface area (Å²) in [5, 5.41) is 7.58. The Morgan fingerprint density at radius 1 is 1.06 bits per heavy atom. The zero-order valence-corrected chi connectivity index (χ0v) is 18.3. The lowest BCUT2D eigenvalue weighted by Gasteiger charge is -2.25. The van der Waals surface area contributed by atoms with Crippen LogP contribution in [0.3, 0.4) is 0 Å². The number of carbonyl (C=O) groups is 4. The fourth-order valence-electron chi connectivity index (χ4n) is 2.63. The first kappa shape index (κ1) is 25.9. The topological polar surface area (TPSA) is 178 Å². The van der Waals surface area contributed by atoms with Crippen LogP contribution in [0.1, 0.15) is 46.1 Å². The lowest BCUT2D eigenvalue weighted by molar-refractivity contribution is -0.134. The monoisotopic (exact) mass is 436 g/mol. The molecule has 0 spiro atoms. The highest BCUT2D eigenvalue weighted by atomic mass is 16.5. The van der Waals surface area contributed by atoms with Crippen LogP contribution < -0.4 is 33.0 Å². The van der Waals surface area contributed by atoms with E-state index in [9.17, 15) is 19.2 Å². The minimum atomic E-state index is -1.31. The van der Waals surface area contributed by atoms with E-state index < -0.39 is 35.5 Å². The van der Waals surface area contributed by atoms with Crippen molar-refractivity contribution < 1.29 is 23.9 Å². The Hall–Kier alpha value is -3.18. The zero-order valence-electron chi connectivity index (χ0n) is 18.3. The Balaban J connectivity index is 2.54. The highest BCUT2D eigenvalue weighted by molar-refractivity contribution is 5.98. The number of hydrazine groups is 1. The van der Waals surface area contributed by atoms with Crippen LogP contribution in [0.25, 0.3) is 0 Å². The van der Waals surface area contributed by atoms with Crippen LogP contribution in [0.5, 0.6) is 0 Å². The van der Waals surface area contributed by atoms with E-state index in [-0.39, 0.29) is 12.5 Å². The van der Waals surface area contributed by atoms with Gasteiger partial charge in [0, 0.05) is 11.1 Å². The maximum Gasteiger partial charge on any atom is 0.421 e. The summed E-state index contributed by atoms with van der Waals surface area (Å²) in [4.78, 5) is 47.8. The third-order valence-electron chi connectivity index (χ3n) is 4.52. The van der Waals surface area contributed by atoms with Crippen LogP contribution in [0.4, 0.5) is 10.5 Å². The number of hydrogen-bond donors (Lipinski definition) is 6. The molecule has 1 aromatic carbocycles. The van der Waals surface area contributed by atoms with Crippen LogP contribution in [0.15, 0.2) is 24.3 Å². The molecule has 0 fully saturated rings. The first-order chi connectivity index (χ1) is 14.5. The second-order valence-corrected chi connectivity index (χ2v) is 7.72. The molecule has 0 saturated carbocycles. The van der Waals surface area contributed by atoms with Gasteiger partial charge in [-0.05, 0) is 31.0 Å². The van der Waals surface area contributed by atoms with Gasteiger partial charge < -0.3 is 26.4 Å². The second kappa shape index (κ2) is 11.9. The van der Waals surface area contributed by atoms with Crippen molar-refractivity contribution in [2.75, 3.05) is 5.32 Å². The van der Waals surface area contributed by atoms with Crippen LogP contribution in [-0.4, -0.2) is 36.0 Å². The third-order valence-corrected chi connectivity index (χ3v) is 4.52. The summed E-state index contributed by atoms with van der Waals surface area (Å²) in [7, 11) is 0. The summed E-state index contributed by atoms with van der Waals surface area (Å²) in [5.41, 5.74) is 8.11. The molecule has 4 amide bonds. The average molecular weight is 437 g/mol. The number of benzene rings is 1. The highest BCUT2D eigenvalue weighted by Gasteiger charge is 2.29. The molecule has 0 aliphatic rings. The smallest absolute Gasteiger partial charge is 0.421 e. The van der Waals surface area contributed by atoms with Crippen molar-refractivity contribution in [2.24, 2.45) is 17.0 Å². The molecule has 1 aromatic rings. The normalized spacial score (nSPS) is 12.8. The maximum atomic E-state index is 12.3. The molecule has 2 unspecified atom stereocenters. The molecule has 0 aliphatic heterocycles. The molecular weight excluding hydrogens is 404 g/mol. The van der Waals surface area contributed by atoms with Gasteiger partial charge in [0.05, 0.1) is 0 Å². The summed E-state index contributed by atoms with van der Waals surface area (Å²) in [6, 6.07) is 5.60. The molecule has 1 rings (SSSR count). The second-order valence-electron chi connectivity index (χ2n) is 7.72. The molecule has 0 radical (unpaired) electrons. The molecule has 172 valence electrons. The van der Waals surface area contributed by atoms with Crippen molar-refractivity contribution >= 4 is 29.5 Å². The lowest BCUT2D eigenvalue weighted by Crippen LogP contribution is -2.56. The largest absolute Gasteiger partial charge is 0.444 e. The number of amides is 4. The van der Waals surface area contributed by atoms with E-state index in [2.05, 4.69) is 16.0 Å². The number of nitrogens with one attached hydrogen (secondary N) is 4. The van der Waals surface area contributed by atoms with Crippen molar-refractivity contribution in [3.63, 3.8) is 0 Å². The number of nitrogens with two attached hydrogens (primary N) is 2. The molecular formula is C20H32N6O5. The molecule has 8 N–H and O–H groups in total. The SMILES string of the molecule is CCCC(C)(C)C(=O)NC(C)C(=O)NC(N)C(=O)Nc1ccc(COC(=O)NN)cc1. The van der Waals surface area contributed by atoms with Crippen molar-refractivity contribution in [1.29, 1.82) is 0 Å². The van der Waals surface area contributed by atoms with Crippen molar-refractivity contribution in [3.8, 4) is 0 Å². The molecule has 2 atom stereocenters. The number of rotatable bonds is 10. The summed E-state index contributed by atoms with van der Waals surface area (Å²) >= 11 is 0. The van der Waals surface area contributed by atoms with Gasteiger partial charge in [0.15, 0.2) is 6.17 Å². The highest BCUT2D eigenvalue weighted by Crippen LogP contribution is 2.22. The molecule has 11 heteroatoms. The van der Waals surface area contributed by atoms with Gasteiger partial charge >= 0.3 is 6.09 Å². The van der Waals surface area contributed by atoms with E-state index in [0.29, 0.717) is 17.7 Å². The number of anilines is 1. The van der Waals surface area contributed by atoms with Crippen LogP contribution in [0, 0.1) is 5.41 Å². The van der Waals surface area contributed by atoms with E-state index in [1.165, 1.54) is 6.92 Å². The molecule has 0 saturated heterocycles. The van der Waals surface area contributed by atoms with Gasteiger partial charge in [0.25, 0.3) is 5.91 Å². The van der Waals surface area contributed by atoms with E-state index >= 15 is 0 Å². The fourth-order valence-corrected chi connectivity index (χ4v) is 2.63. The van der Waals surface area contributed by atoms with Crippen LogP contribution in [-0.2, 0) is 25.7 Å². The quantitative estimate of drug-likeness (QED) is 0.133. The predicted octanol–water partition coefficient (Wildman–Crippen LogP) is 0.457. The van der Waals surface area contributed by atoms with Gasteiger partial charge in [-0.15, -0.1) is 0 Å². The summed E-state index contributed by atoms with van der Waals surface area (Å²) in [6.45, 7) is 7.11. The van der Waals surface area contributed by atoms with E-state index in [0.717, 1.165) is 6.42 Å². The average Bonchev–Trinajstić information content (AvgIpc) is 2.72.